The molecule has 2 atom stereocenters. The number of hydrogen-bond donors (Lipinski definition) is 3. The SMILES string of the molecule is O=c1ccc2ccccc2n1-c1ccc(N[C@H]2CC[C@H](Nc3nc4cccnc4[nH]3)C2)nc1. The number of benzene rings is 1. The lowest BCUT2D eigenvalue weighted by Crippen LogP contribution is -2.22. The monoisotopic (exact) mass is 437 g/mol. The summed E-state index contributed by atoms with van der Waals surface area (Å²) in [5.74, 6) is 1.57. The fraction of sp³-hybridized carbons (Fsp3) is 0.200. The van der Waals surface area contributed by atoms with Gasteiger partial charge < -0.3 is 15.6 Å². The number of hydrogen-bond acceptors (Lipinski definition) is 6. The Morgan fingerprint density at radius 2 is 1.79 bits per heavy atom. The number of pyridine rings is 3. The zero-order valence-corrected chi connectivity index (χ0v) is 17.9. The second-order valence-electron chi connectivity index (χ2n) is 8.42. The van der Waals surface area contributed by atoms with Crippen molar-refractivity contribution in [1.82, 2.24) is 24.5 Å². The van der Waals surface area contributed by atoms with Gasteiger partial charge >= 0.3 is 0 Å². The lowest BCUT2D eigenvalue weighted by molar-refractivity contribution is 0.718. The Morgan fingerprint density at radius 3 is 2.64 bits per heavy atom. The molecule has 0 aliphatic heterocycles. The molecule has 8 nitrogen and oxygen atoms in total. The van der Waals surface area contributed by atoms with Crippen LogP contribution < -0.4 is 16.2 Å². The van der Waals surface area contributed by atoms with E-state index in [2.05, 4.69) is 30.6 Å². The predicted octanol–water partition coefficient (Wildman–Crippen LogP) is 4.10. The molecule has 33 heavy (non-hydrogen) atoms. The van der Waals surface area contributed by atoms with Gasteiger partial charge in [0.05, 0.1) is 17.4 Å². The Morgan fingerprint density at radius 1 is 0.909 bits per heavy atom. The maximum atomic E-state index is 12.5. The van der Waals surface area contributed by atoms with Gasteiger partial charge in [0.15, 0.2) is 5.65 Å². The second-order valence-corrected chi connectivity index (χ2v) is 8.42. The van der Waals surface area contributed by atoms with Gasteiger partial charge in [-0.15, -0.1) is 0 Å². The number of aromatic amines is 1. The largest absolute Gasteiger partial charge is 0.367 e. The molecule has 5 aromatic rings. The molecule has 0 radical (unpaired) electrons. The molecule has 1 aromatic carbocycles. The summed E-state index contributed by atoms with van der Waals surface area (Å²) in [6.45, 7) is 0. The fourth-order valence-electron chi connectivity index (χ4n) is 4.61. The molecule has 1 saturated carbocycles. The summed E-state index contributed by atoms with van der Waals surface area (Å²) in [5, 5.41) is 8.04. The highest BCUT2D eigenvalue weighted by Crippen LogP contribution is 2.26. The maximum Gasteiger partial charge on any atom is 0.255 e. The van der Waals surface area contributed by atoms with Crippen LogP contribution in [0.2, 0.25) is 0 Å². The van der Waals surface area contributed by atoms with Crippen molar-refractivity contribution in [2.45, 2.75) is 31.3 Å². The van der Waals surface area contributed by atoms with Crippen LogP contribution in [0.3, 0.4) is 0 Å². The van der Waals surface area contributed by atoms with E-state index in [-0.39, 0.29) is 5.56 Å². The van der Waals surface area contributed by atoms with Crippen molar-refractivity contribution in [1.29, 1.82) is 0 Å². The fourth-order valence-corrected chi connectivity index (χ4v) is 4.61. The van der Waals surface area contributed by atoms with Gasteiger partial charge in [-0.2, -0.15) is 0 Å². The van der Waals surface area contributed by atoms with Crippen LogP contribution in [0.15, 0.2) is 77.9 Å². The van der Waals surface area contributed by atoms with Crippen molar-refractivity contribution >= 4 is 33.8 Å². The van der Waals surface area contributed by atoms with Gasteiger partial charge in [-0.25, -0.2) is 15.0 Å². The van der Waals surface area contributed by atoms with Gasteiger partial charge in [-0.05, 0) is 61.0 Å². The Balaban J connectivity index is 1.14. The molecular weight excluding hydrogens is 414 g/mol. The van der Waals surface area contributed by atoms with Crippen molar-refractivity contribution in [2.75, 3.05) is 10.6 Å². The van der Waals surface area contributed by atoms with E-state index < -0.39 is 0 Å². The van der Waals surface area contributed by atoms with E-state index in [1.807, 2.05) is 54.6 Å². The van der Waals surface area contributed by atoms with Gasteiger partial charge in [0.25, 0.3) is 5.56 Å². The molecule has 4 aromatic heterocycles. The summed E-state index contributed by atoms with van der Waals surface area (Å²) in [4.78, 5) is 29.2. The lowest BCUT2D eigenvalue weighted by atomic mass is 10.2. The van der Waals surface area contributed by atoms with Crippen LogP contribution in [0.25, 0.3) is 27.8 Å². The predicted molar refractivity (Wildman–Crippen MR) is 130 cm³/mol. The Labute approximate surface area is 189 Å². The highest BCUT2D eigenvalue weighted by molar-refractivity contribution is 5.80. The van der Waals surface area contributed by atoms with Gasteiger partial charge in [0.1, 0.15) is 11.3 Å². The number of nitrogens with one attached hydrogen (secondary N) is 3. The molecule has 3 N–H and O–H groups in total. The topological polar surface area (TPSA) is 101 Å². The number of rotatable bonds is 5. The highest BCUT2D eigenvalue weighted by atomic mass is 16.1. The minimum absolute atomic E-state index is 0.0679. The van der Waals surface area contributed by atoms with Crippen molar-refractivity contribution in [3.05, 3.63) is 83.4 Å². The third kappa shape index (κ3) is 3.80. The van der Waals surface area contributed by atoms with E-state index >= 15 is 0 Å². The number of H-pyrrole nitrogens is 1. The van der Waals surface area contributed by atoms with E-state index in [9.17, 15) is 4.79 Å². The first-order chi connectivity index (χ1) is 16.2. The molecule has 164 valence electrons. The summed E-state index contributed by atoms with van der Waals surface area (Å²) in [6, 6.07) is 19.7. The number of anilines is 2. The molecule has 1 fully saturated rings. The number of para-hydroxylation sites is 1. The molecule has 0 unspecified atom stereocenters. The highest BCUT2D eigenvalue weighted by Gasteiger charge is 2.25. The minimum Gasteiger partial charge on any atom is -0.367 e. The first-order valence-corrected chi connectivity index (χ1v) is 11.1. The van der Waals surface area contributed by atoms with E-state index in [4.69, 9.17) is 0 Å². The smallest absolute Gasteiger partial charge is 0.255 e. The lowest BCUT2D eigenvalue weighted by Gasteiger charge is -2.15. The Hall–Kier alpha value is -4.20. The van der Waals surface area contributed by atoms with E-state index in [1.165, 1.54) is 0 Å². The van der Waals surface area contributed by atoms with Crippen molar-refractivity contribution in [3.63, 3.8) is 0 Å². The Bertz CT molecular complexity index is 1460. The van der Waals surface area contributed by atoms with Crippen LogP contribution in [-0.2, 0) is 0 Å². The molecule has 6 rings (SSSR count). The molecule has 0 spiro atoms. The summed E-state index contributed by atoms with van der Waals surface area (Å²) >= 11 is 0. The van der Waals surface area contributed by atoms with Gasteiger partial charge in [0, 0.05) is 24.3 Å². The third-order valence-electron chi connectivity index (χ3n) is 6.19. The van der Waals surface area contributed by atoms with Crippen LogP contribution in [-0.4, -0.2) is 36.6 Å². The molecule has 1 aliphatic carbocycles. The number of imidazole rings is 1. The second kappa shape index (κ2) is 8.05. The van der Waals surface area contributed by atoms with Crippen LogP contribution in [0.1, 0.15) is 19.3 Å². The number of nitrogens with zero attached hydrogens (tertiary/aromatic N) is 4. The average Bonchev–Trinajstić information content (AvgIpc) is 3.46. The van der Waals surface area contributed by atoms with Crippen molar-refractivity contribution < 1.29 is 0 Å². The molecule has 0 amide bonds. The zero-order chi connectivity index (χ0) is 22.2. The van der Waals surface area contributed by atoms with E-state index in [0.717, 1.165) is 58.8 Å². The molecule has 0 bridgehead atoms. The quantitative estimate of drug-likeness (QED) is 0.383. The van der Waals surface area contributed by atoms with Crippen LogP contribution in [0.5, 0.6) is 0 Å². The maximum absolute atomic E-state index is 12.5. The summed E-state index contributed by atoms with van der Waals surface area (Å²) in [7, 11) is 0. The first-order valence-electron chi connectivity index (χ1n) is 11.1. The molecule has 0 saturated heterocycles. The number of fused-ring (bicyclic) bond motifs is 2. The van der Waals surface area contributed by atoms with Crippen LogP contribution in [0, 0.1) is 0 Å². The van der Waals surface area contributed by atoms with Crippen molar-refractivity contribution in [3.8, 4) is 5.69 Å². The summed E-state index contributed by atoms with van der Waals surface area (Å²) < 4.78 is 1.70. The molecular formula is C25H23N7O. The standard InChI is InChI=1S/C25H23N7O/c33-23-12-7-16-4-1-2-6-21(16)32(23)19-10-11-22(27-15-19)28-17-8-9-18(14-17)29-25-30-20-5-3-13-26-24(20)31-25/h1-7,10-13,15,17-18H,8-9,14H2,(H,27,28)(H2,26,29,30,31)/t17-,18-/m0/s1. The molecule has 1 aliphatic rings. The van der Waals surface area contributed by atoms with Crippen molar-refractivity contribution in [2.24, 2.45) is 0 Å². The van der Waals surface area contributed by atoms with Gasteiger partial charge in [-0.3, -0.25) is 9.36 Å². The average molecular weight is 438 g/mol. The Kier molecular flexibility index (Phi) is 4.75. The zero-order valence-electron chi connectivity index (χ0n) is 17.9. The summed E-state index contributed by atoms with van der Waals surface area (Å²) in [5.41, 5.74) is 3.22. The van der Waals surface area contributed by atoms with E-state index in [1.54, 1.807) is 23.0 Å². The number of aromatic nitrogens is 5. The van der Waals surface area contributed by atoms with Crippen LogP contribution in [0.4, 0.5) is 11.8 Å². The van der Waals surface area contributed by atoms with Gasteiger partial charge in [-0.1, -0.05) is 18.2 Å². The normalized spacial score (nSPS) is 18.1. The summed E-state index contributed by atoms with van der Waals surface area (Å²) in [6.07, 6.45) is 6.57. The first kappa shape index (κ1) is 19.5. The molecule has 8 heteroatoms. The van der Waals surface area contributed by atoms with Crippen LogP contribution >= 0.6 is 0 Å². The third-order valence-corrected chi connectivity index (χ3v) is 6.19. The van der Waals surface area contributed by atoms with E-state index in [0.29, 0.717) is 12.1 Å². The minimum atomic E-state index is -0.0679. The van der Waals surface area contributed by atoms with Gasteiger partial charge in [0.2, 0.25) is 5.95 Å². The molecule has 4 heterocycles.